The maximum Gasteiger partial charge on any atom is 0.199 e. The molecule has 0 bridgehead atoms. The molecule has 0 spiro atoms. The van der Waals surface area contributed by atoms with Gasteiger partial charge in [-0.2, -0.15) is 0 Å². The molecule has 0 fully saturated rings. The Morgan fingerprint density at radius 3 is 2.65 bits per heavy atom. The number of hydrogen-bond donors (Lipinski definition) is 0. The van der Waals surface area contributed by atoms with Crippen LogP contribution in [0.1, 0.15) is 22.5 Å². The van der Waals surface area contributed by atoms with E-state index in [4.69, 9.17) is 4.42 Å². The lowest BCUT2D eigenvalue weighted by molar-refractivity contribution is 0.0947. The molecule has 0 radical (unpaired) electrons. The number of Topliss-reactive ketones (excluding diaryl/α,β-unsaturated/α-hetero) is 1. The lowest BCUT2D eigenvalue weighted by Crippen LogP contribution is -2.16. The summed E-state index contributed by atoms with van der Waals surface area (Å²) in [6.07, 6.45) is 0.494. The van der Waals surface area contributed by atoms with Crippen molar-refractivity contribution >= 4 is 16.8 Å². The van der Waals surface area contributed by atoms with Crippen LogP contribution in [0.2, 0.25) is 0 Å². The highest BCUT2D eigenvalue weighted by Crippen LogP contribution is 2.25. The predicted molar refractivity (Wildman–Crippen MR) is 68.5 cm³/mol. The zero-order chi connectivity index (χ0) is 12.4. The first kappa shape index (κ1) is 11.9. The number of ketones is 1. The summed E-state index contributed by atoms with van der Waals surface area (Å²) < 4.78 is 5.62. The first-order valence-electron chi connectivity index (χ1n) is 5.75. The molecule has 0 unspecified atom stereocenters. The summed E-state index contributed by atoms with van der Waals surface area (Å²) in [6.45, 7) is 2.68. The normalized spacial score (nSPS) is 11.3. The monoisotopic (exact) mass is 231 g/mol. The van der Waals surface area contributed by atoms with Crippen LogP contribution < -0.4 is 0 Å². The van der Waals surface area contributed by atoms with E-state index < -0.39 is 0 Å². The molecule has 0 saturated heterocycles. The van der Waals surface area contributed by atoms with Crippen LogP contribution in [0.15, 0.2) is 28.7 Å². The van der Waals surface area contributed by atoms with Gasteiger partial charge in [-0.25, -0.2) is 0 Å². The predicted octanol–water partition coefficient (Wildman–Crippen LogP) is 2.88. The van der Waals surface area contributed by atoms with Gasteiger partial charge in [-0.3, -0.25) is 4.79 Å². The summed E-state index contributed by atoms with van der Waals surface area (Å²) in [6, 6.07) is 7.75. The molecule has 2 aromatic rings. The Morgan fingerprint density at radius 1 is 1.29 bits per heavy atom. The number of hydrogen-bond acceptors (Lipinski definition) is 3. The van der Waals surface area contributed by atoms with Crippen molar-refractivity contribution in [1.29, 1.82) is 0 Å². The van der Waals surface area contributed by atoms with Gasteiger partial charge in [0.05, 0.1) is 0 Å². The summed E-state index contributed by atoms with van der Waals surface area (Å²) >= 11 is 0. The minimum absolute atomic E-state index is 0.0763. The zero-order valence-corrected chi connectivity index (χ0v) is 10.5. The van der Waals surface area contributed by atoms with Crippen molar-refractivity contribution < 1.29 is 9.21 Å². The van der Waals surface area contributed by atoms with E-state index in [-0.39, 0.29) is 5.78 Å². The molecule has 0 aliphatic heterocycles. The number of benzene rings is 1. The summed E-state index contributed by atoms with van der Waals surface area (Å²) in [5.41, 5.74) is 1.74. The van der Waals surface area contributed by atoms with Crippen molar-refractivity contribution in [3.8, 4) is 0 Å². The van der Waals surface area contributed by atoms with Crippen LogP contribution in [-0.4, -0.2) is 31.3 Å². The highest BCUT2D eigenvalue weighted by atomic mass is 16.3. The molecule has 90 valence electrons. The Morgan fingerprint density at radius 2 is 2.00 bits per heavy atom. The molecule has 0 saturated carbocycles. The fourth-order valence-electron chi connectivity index (χ4n) is 1.88. The number of aryl methyl sites for hydroxylation is 1. The van der Waals surface area contributed by atoms with Crippen LogP contribution in [0.4, 0.5) is 0 Å². The quantitative estimate of drug-likeness (QED) is 0.759. The third kappa shape index (κ3) is 2.39. The second-order valence-corrected chi connectivity index (χ2v) is 4.53. The van der Waals surface area contributed by atoms with Gasteiger partial charge in [0.1, 0.15) is 5.58 Å². The largest absolute Gasteiger partial charge is 0.453 e. The Labute approximate surface area is 101 Å². The molecule has 0 atom stereocenters. The summed E-state index contributed by atoms with van der Waals surface area (Å²) in [4.78, 5) is 14.0. The standard InChI is InChI=1S/C14H17NO2/c1-10-11-6-4-5-7-13(11)17-14(10)12(16)8-9-15(2)3/h4-7H,8-9H2,1-3H3. The molecule has 3 heteroatoms. The first-order chi connectivity index (χ1) is 8.09. The Bertz CT molecular complexity index is 540. The lowest BCUT2D eigenvalue weighted by atomic mass is 10.1. The van der Waals surface area contributed by atoms with E-state index in [2.05, 4.69) is 0 Å². The highest BCUT2D eigenvalue weighted by Gasteiger charge is 2.16. The molecule has 1 aromatic heterocycles. The van der Waals surface area contributed by atoms with Crippen LogP contribution >= 0.6 is 0 Å². The highest BCUT2D eigenvalue weighted by molar-refractivity contribution is 6.00. The van der Waals surface area contributed by atoms with Crippen molar-refractivity contribution in [1.82, 2.24) is 4.90 Å². The first-order valence-corrected chi connectivity index (χ1v) is 5.75. The fourth-order valence-corrected chi connectivity index (χ4v) is 1.88. The Kier molecular flexibility index (Phi) is 3.29. The van der Waals surface area contributed by atoms with Crippen LogP contribution in [0.25, 0.3) is 11.0 Å². The Hall–Kier alpha value is -1.61. The summed E-state index contributed by atoms with van der Waals surface area (Å²) in [7, 11) is 3.91. The third-order valence-corrected chi connectivity index (χ3v) is 2.88. The molecule has 3 nitrogen and oxygen atoms in total. The van der Waals surface area contributed by atoms with Crippen molar-refractivity contribution in [2.24, 2.45) is 0 Å². The molecule has 0 N–H and O–H groups in total. The average molecular weight is 231 g/mol. The van der Waals surface area contributed by atoms with Crippen molar-refractivity contribution in [3.05, 3.63) is 35.6 Å². The number of rotatable bonds is 4. The molecule has 0 aliphatic rings. The molecular weight excluding hydrogens is 214 g/mol. The molecule has 1 heterocycles. The van der Waals surface area contributed by atoms with Gasteiger partial charge in [0.2, 0.25) is 0 Å². The molecule has 0 aliphatic carbocycles. The van der Waals surface area contributed by atoms with Gasteiger partial charge in [0.15, 0.2) is 11.5 Å². The van der Waals surface area contributed by atoms with E-state index in [1.807, 2.05) is 50.2 Å². The fraction of sp³-hybridized carbons (Fsp3) is 0.357. The second kappa shape index (κ2) is 4.72. The SMILES string of the molecule is Cc1c(C(=O)CCN(C)C)oc2ccccc12. The lowest BCUT2D eigenvalue weighted by Gasteiger charge is -2.07. The van der Waals surface area contributed by atoms with Gasteiger partial charge in [-0.15, -0.1) is 0 Å². The topological polar surface area (TPSA) is 33.5 Å². The Balaban J connectivity index is 2.29. The number of furan rings is 1. The maximum atomic E-state index is 12.0. The molecule has 2 rings (SSSR count). The van der Waals surface area contributed by atoms with Crippen LogP contribution in [0.5, 0.6) is 0 Å². The minimum atomic E-state index is 0.0763. The van der Waals surface area contributed by atoms with Gasteiger partial charge >= 0.3 is 0 Å². The van der Waals surface area contributed by atoms with Crippen LogP contribution in [0, 0.1) is 6.92 Å². The van der Waals surface area contributed by atoms with E-state index in [0.29, 0.717) is 12.2 Å². The van der Waals surface area contributed by atoms with Gasteiger partial charge < -0.3 is 9.32 Å². The van der Waals surface area contributed by atoms with Crippen molar-refractivity contribution in [2.45, 2.75) is 13.3 Å². The molecule has 0 amide bonds. The number of fused-ring (bicyclic) bond motifs is 1. The zero-order valence-electron chi connectivity index (χ0n) is 10.5. The van der Waals surface area contributed by atoms with E-state index >= 15 is 0 Å². The van der Waals surface area contributed by atoms with Crippen molar-refractivity contribution in [2.75, 3.05) is 20.6 Å². The average Bonchev–Trinajstić information content (AvgIpc) is 2.64. The van der Waals surface area contributed by atoms with Crippen LogP contribution in [0.3, 0.4) is 0 Å². The van der Waals surface area contributed by atoms with Crippen molar-refractivity contribution in [3.63, 3.8) is 0 Å². The van der Waals surface area contributed by atoms with E-state index in [1.54, 1.807) is 0 Å². The van der Waals surface area contributed by atoms with E-state index in [9.17, 15) is 4.79 Å². The second-order valence-electron chi connectivity index (χ2n) is 4.53. The summed E-state index contributed by atoms with van der Waals surface area (Å²) in [5.74, 6) is 0.584. The number of nitrogens with zero attached hydrogens (tertiary/aromatic N) is 1. The van der Waals surface area contributed by atoms with Gasteiger partial charge in [-0.1, -0.05) is 18.2 Å². The van der Waals surface area contributed by atoms with Gasteiger partial charge in [0, 0.05) is 23.9 Å². The summed E-state index contributed by atoms with van der Waals surface area (Å²) in [5, 5.41) is 1.03. The smallest absolute Gasteiger partial charge is 0.199 e. The van der Waals surface area contributed by atoms with Crippen LogP contribution in [-0.2, 0) is 0 Å². The molecular formula is C14H17NO2. The van der Waals surface area contributed by atoms with E-state index in [0.717, 1.165) is 23.1 Å². The van der Waals surface area contributed by atoms with Gasteiger partial charge in [-0.05, 0) is 27.1 Å². The molecule has 17 heavy (non-hydrogen) atoms. The van der Waals surface area contributed by atoms with E-state index in [1.165, 1.54) is 0 Å². The maximum absolute atomic E-state index is 12.0. The third-order valence-electron chi connectivity index (χ3n) is 2.88. The molecule has 1 aromatic carbocycles. The number of para-hydroxylation sites is 1. The minimum Gasteiger partial charge on any atom is -0.453 e. The van der Waals surface area contributed by atoms with Gasteiger partial charge in [0.25, 0.3) is 0 Å². The number of carbonyl (C=O) groups excluding carboxylic acids is 1. The number of carbonyl (C=O) groups is 1.